The quantitative estimate of drug-likeness (QED) is 0.893. The van der Waals surface area contributed by atoms with Crippen LogP contribution in [0, 0.1) is 5.82 Å². The van der Waals surface area contributed by atoms with Crippen LogP contribution in [0.2, 0.25) is 5.02 Å². The van der Waals surface area contributed by atoms with Crippen molar-refractivity contribution in [3.63, 3.8) is 0 Å². The van der Waals surface area contributed by atoms with Gasteiger partial charge in [0.2, 0.25) is 11.8 Å². The molecule has 2 aromatic rings. The van der Waals surface area contributed by atoms with Crippen LogP contribution in [0.1, 0.15) is 12.0 Å². The summed E-state index contributed by atoms with van der Waals surface area (Å²) in [5, 5.41) is 5.34. The number of halogens is 2. The number of ether oxygens (including phenoxy) is 1. The van der Waals surface area contributed by atoms with Gasteiger partial charge in [-0.1, -0.05) is 17.7 Å². The average Bonchev–Trinajstić information content (AvgIpc) is 2.71. The van der Waals surface area contributed by atoms with E-state index in [9.17, 15) is 14.0 Å². The highest BCUT2D eigenvalue weighted by Gasteiger charge is 2.15. The Hall–Kier alpha value is -2.60. The number of benzene rings is 2. The molecule has 0 saturated carbocycles. The Kier molecular flexibility index (Phi) is 4.66. The Morgan fingerprint density at radius 1 is 1.29 bits per heavy atom. The second kappa shape index (κ2) is 6.88. The summed E-state index contributed by atoms with van der Waals surface area (Å²) in [7, 11) is 0. The van der Waals surface area contributed by atoms with E-state index in [4.69, 9.17) is 16.3 Å². The molecule has 24 heavy (non-hydrogen) atoms. The number of hydrogen-bond donors (Lipinski definition) is 2. The standard InChI is InChI=1S/C17H14ClFN2O3/c18-12-9-11(2-3-13(12)19)20-17(23)8-10-1-4-15-14(7-10)21-16(22)5-6-24-15/h1-4,7,9H,5-6,8H2,(H,20,23)(H,21,22). The van der Waals surface area contributed by atoms with Crippen LogP contribution in [0.25, 0.3) is 0 Å². The zero-order chi connectivity index (χ0) is 17.1. The van der Waals surface area contributed by atoms with Crippen molar-refractivity contribution in [1.29, 1.82) is 0 Å². The summed E-state index contributed by atoms with van der Waals surface area (Å²) in [5.41, 5.74) is 1.68. The van der Waals surface area contributed by atoms with Gasteiger partial charge in [-0.15, -0.1) is 0 Å². The van der Waals surface area contributed by atoms with Crippen LogP contribution in [0.5, 0.6) is 5.75 Å². The van der Waals surface area contributed by atoms with E-state index in [2.05, 4.69) is 10.6 Å². The SMILES string of the molecule is O=C(Cc1ccc2c(c1)NC(=O)CCO2)Nc1ccc(F)c(Cl)c1. The topological polar surface area (TPSA) is 67.4 Å². The van der Waals surface area contributed by atoms with Crippen molar-refractivity contribution in [3.05, 3.63) is 52.8 Å². The van der Waals surface area contributed by atoms with Crippen molar-refractivity contribution in [1.82, 2.24) is 0 Å². The third-order valence-corrected chi connectivity index (χ3v) is 3.76. The van der Waals surface area contributed by atoms with Crippen LogP contribution in [-0.2, 0) is 16.0 Å². The molecule has 1 heterocycles. The highest BCUT2D eigenvalue weighted by molar-refractivity contribution is 6.31. The molecule has 0 fully saturated rings. The minimum atomic E-state index is -0.545. The van der Waals surface area contributed by atoms with E-state index in [1.54, 1.807) is 18.2 Å². The van der Waals surface area contributed by atoms with Crippen LogP contribution < -0.4 is 15.4 Å². The summed E-state index contributed by atoms with van der Waals surface area (Å²) in [5.74, 6) is -0.374. The Morgan fingerprint density at radius 3 is 2.92 bits per heavy atom. The van der Waals surface area contributed by atoms with E-state index in [1.165, 1.54) is 18.2 Å². The summed E-state index contributed by atoms with van der Waals surface area (Å²) in [6.07, 6.45) is 0.383. The second-order valence-electron chi connectivity index (χ2n) is 5.33. The molecular formula is C17H14ClFN2O3. The second-order valence-corrected chi connectivity index (χ2v) is 5.74. The molecule has 0 aliphatic carbocycles. The normalized spacial score (nSPS) is 13.3. The molecule has 2 N–H and O–H groups in total. The van der Waals surface area contributed by atoms with Crippen molar-refractivity contribution in [2.24, 2.45) is 0 Å². The van der Waals surface area contributed by atoms with Crippen molar-refractivity contribution < 1.29 is 18.7 Å². The molecule has 1 aliphatic heterocycles. The van der Waals surface area contributed by atoms with Gasteiger partial charge < -0.3 is 15.4 Å². The molecule has 0 aromatic heterocycles. The molecule has 0 spiro atoms. The molecule has 0 radical (unpaired) electrons. The first-order chi connectivity index (χ1) is 11.5. The van der Waals surface area contributed by atoms with Crippen molar-refractivity contribution in [2.45, 2.75) is 12.8 Å². The zero-order valence-corrected chi connectivity index (χ0v) is 13.3. The minimum absolute atomic E-state index is 0.0577. The van der Waals surface area contributed by atoms with Gasteiger partial charge in [-0.25, -0.2) is 4.39 Å². The van der Waals surface area contributed by atoms with Crippen molar-refractivity contribution >= 4 is 34.8 Å². The van der Waals surface area contributed by atoms with Gasteiger partial charge in [0.05, 0.1) is 30.2 Å². The summed E-state index contributed by atoms with van der Waals surface area (Å²) in [4.78, 5) is 23.7. The van der Waals surface area contributed by atoms with Gasteiger partial charge in [0.15, 0.2) is 0 Å². The number of carbonyl (C=O) groups is 2. The number of nitrogens with one attached hydrogen (secondary N) is 2. The number of hydrogen-bond acceptors (Lipinski definition) is 3. The maximum absolute atomic E-state index is 13.1. The van der Waals surface area contributed by atoms with Crippen LogP contribution in [0.4, 0.5) is 15.8 Å². The first-order valence-electron chi connectivity index (χ1n) is 7.32. The first kappa shape index (κ1) is 16.3. The van der Waals surface area contributed by atoms with E-state index in [1.807, 2.05) is 0 Å². The van der Waals surface area contributed by atoms with Crippen LogP contribution in [-0.4, -0.2) is 18.4 Å². The van der Waals surface area contributed by atoms with Gasteiger partial charge in [-0.3, -0.25) is 9.59 Å². The lowest BCUT2D eigenvalue weighted by atomic mass is 10.1. The van der Waals surface area contributed by atoms with E-state index in [-0.39, 0.29) is 29.7 Å². The molecular weight excluding hydrogens is 335 g/mol. The summed E-state index contributed by atoms with van der Waals surface area (Å²) in [6.45, 7) is 0.323. The maximum Gasteiger partial charge on any atom is 0.228 e. The Bertz CT molecular complexity index is 810. The predicted molar refractivity (Wildman–Crippen MR) is 88.9 cm³/mol. The largest absolute Gasteiger partial charge is 0.491 e. The van der Waals surface area contributed by atoms with Gasteiger partial charge in [0, 0.05) is 5.69 Å². The van der Waals surface area contributed by atoms with E-state index < -0.39 is 5.82 Å². The number of fused-ring (bicyclic) bond motifs is 1. The average molecular weight is 349 g/mol. The Morgan fingerprint density at radius 2 is 2.12 bits per heavy atom. The molecule has 1 aliphatic rings. The fraction of sp³-hybridized carbons (Fsp3) is 0.176. The van der Waals surface area contributed by atoms with Crippen LogP contribution in [0.15, 0.2) is 36.4 Å². The number of amides is 2. The van der Waals surface area contributed by atoms with Crippen molar-refractivity contribution in [3.8, 4) is 5.75 Å². The number of anilines is 2. The van der Waals surface area contributed by atoms with Gasteiger partial charge in [0.1, 0.15) is 11.6 Å². The molecule has 0 bridgehead atoms. The molecule has 3 rings (SSSR count). The van der Waals surface area contributed by atoms with E-state index >= 15 is 0 Å². The molecule has 2 amide bonds. The Balaban J connectivity index is 1.70. The van der Waals surface area contributed by atoms with Crippen LogP contribution in [0.3, 0.4) is 0 Å². The molecule has 7 heteroatoms. The smallest absolute Gasteiger partial charge is 0.228 e. The first-order valence-corrected chi connectivity index (χ1v) is 7.69. The number of rotatable bonds is 3. The lowest BCUT2D eigenvalue weighted by molar-refractivity contribution is -0.116. The molecule has 0 unspecified atom stereocenters. The Labute approximate surface area is 142 Å². The van der Waals surface area contributed by atoms with Crippen LogP contribution >= 0.6 is 11.6 Å². The monoisotopic (exact) mass is 348 g/mol. The lowest BCUT2D eigenvalue weighted by Gasteiger charge is -2.10. The van der Waals surface area contributed by atoms with Gasteiger partial charge in [0.25, 0.3) is 0 Å². The zero-order valence-electron chi connectivity index (χ0n) is 12.6. The van der Waals surface area contributed by atoms with E-state index in [0.717, 1.165) is 0 Å². The third kappa shape index (κ3) is 3.83. The fourth-order valence-electron chi connectivity index (χ4n) is 2.34. The summed E-state index contributed by atoms with van der Waals surface area (Å²) < 4.78 is 18.6. The fourth-order valence-corrected chi connectivity index (χ4v) is 2.52. The highest BCUT2D eigenvalue weighted by atomic mass is 35.5. The number of carbonyl (C=O) groups excluding carboxylic acids is 2. The van der Waals surface area contributed by atoms with Gasteiger partial charge >= 0.3 is 0 Å². The minimum Gasteiger partial charge on any atom is -0.491 e. The molecule has 0 saturated heterocycles. The molecule has 5 nitrogen and oxygen atoms in total. The maximum atomic E-state index is 13.1. The molecule has 2 aromatic carbocycles. The highest BCUT2D eigenvalue weighted by Crippen LogP contribution is 2.28. The third-order valence-electron chi connectivity index (χ3n) is 3.47. The molecule has 124 valence electrons. The van der Waals surface area contributed by atoms with Crippen molar-refractivity contribution in [2.75, 3.05) is 17.2 Å². The summed E-state index contributed by atoms with van der Waals surface area (Å²) >= 11 is 5.69. The van der Waals surface area contributed by atoms with Gasteiger partial charge in [-0.2, -0.15) is 0 Å². The lowest BCUT2D eigenvalue weighted by Crippen LogP contribution is -2.15. The van der Waals surface area contributed by atoms with E-state index in [0.29, 0.717) is 29.3 Å². The predicted octanol–water partition coefficient (Wildman–Crippen LogP) is 3.38. The van der Waals surface area contributed by atoms with Gasteiger partial charge in [-0.05, 0) is 35.9 Å². The summed E-state index contributed by atoms with van der Waals surface area (Å²) in [6, 6.07) is 9.15. The molecule has 0 atom stereocenters.